The van der Waals surface area contributed by atoms with Gasteiger partial charge < -0.3 is 10.5 Å². The number of nitrogen functional groups attached to an aromatic ring is 1. The molecular weight excluding hydrogens is 242 g/mol. The van der Waals surface area contributed by atoms with E-state index in [1.807, 2.05) is 26.1 Å². The van der Waals surface area contributed by atoms with Crippen LogP contribution in [0.1, 0.15) is 5.69 Å². The van der Waals surface area contributed by atoms with E-state index >= 15 is 0 Å². The molecule has 0 aliphatic rings. The number of aryl methyl sites for hydroxylation is 2. The van der Waals surface area contributed by atoms with Crippen molar-refractivity contribution < 1.29 is 4.74 Å². The Kier molecular flexibility index (Phi) is 2.56. The van der Waals surface area contributed by atoms with Crippen LogP contribution in [0.2, 0.25) is 0 Å². The Morgan fingerprint density at radius 1 is 1.21 bits per heavy atom. The molecule has 0 aliphatic heterocycles. The van der Waals surface area contributed by atoms with Gasteiger partial charge in [-0.3, -0.25) is 0 Å². The summed E-state index contributed by atoms with van der Waals surface area (Å²) >= 11 is 0. The minimum atomic E-state index is 0.473. The molecule has 0 spiro atoms. The molecule has 2 N–H and O–H groups in total. The van der Waals surface area contributed by atoms with E-state index < -0.39 is 0 Å². The predicted molar refractivity (Wildman–Crippen MR) is 72.0 cm³/mol. The lowest BCUT2D eigenvalue weighted by molar-refractivity contribution is 0.420. The van der Waals surface area contributed by atoms with Crippen molar-refractivity contribution in [2.75, 3.05) is 5.73 Å². The highest BCUT2D eigenvalue weighted by atomic mass is 16.5. The average Bonchev–Trinajstić information content (AvgIpc) is 2.69. The molecule has 96 valence electrons. The largest absolute Gasteiger partial charge is 0.420 e. The van der Waals surface area contributed by atoms with Gasteiger partial charge in [0.2, 0.25) is 11.8 Å². The standard InChI is InChI=1S/C13H13N5O/c1-8-5-12(18(2)17-8)19-13-10-6-9(14)3-4-11(10)15-7-16-13/h3-7H,14H2,1-2H3. The second-order valence-electron chi connectivity index (χ2n) is 4.31. The van der Waals surface area contributed by atoms with Crippen LogP contribution in [0.15, 0.2) is 30.6 Å². The molecule has 0 atom stereocenters. The molecule has 6 nitrogen and oxygen atoms in total. The lowest BCUT2D eigenvalue weighted by Crippen LogP contribution is -1.98. The van der Waals surface area contributed by atoms with Gasteiger partial charge in [0, 0.05) is 18.8 Å². The first-order valence-corrected chi connectivity index (χ1v) is 5.82. The van der Waals surface area contributed by atoms with Crippen LogP contribution in [0.4, 0.5) is 5.69 Å². The van der Waals surface area contributed by atoms with Crippen LogP contribution in [0.25, 0.3) is 10.9 Å². The fraction of sp³-hybridized carbons (Fsp3) is 0.154. The van der Waals surface area contributed by atoms with Crippen molar-refractivity contribution in [3.8, 4) is 11.8 Å². The van der Waals surface area contributed by atoms with Crippen molar-refractivity contribution in [1.82, 2.24) is 19.7 Å². The van der Waals surface area contributed by atoms with E-state index in [-0.39, 0.29) is 0 Å². The third kappa shape index (κ3) is 2.08. The molecule has 1 aromatic carbocycles. The van der Waals surface area contributed by atoms with E-state index in [1.165, 1.54) is 6.33 Å². The molecule has 3 rings (SSSR count). The Bertz CT molecular complexity index is 750. The minimum Gasteiger partial charge on any atom is -0.420 e. The van der Waals surface area contributed by atoms with Crippen LogP contribution in [0.5, 0.6) is 11.8 Å². The maximum Gasteiger partial charge on any atom is 0.232 e. The van der Waals surface area contributed by atoms with E-state index in [9.17, 15) is 0 Å². The molecule has 0 radical (unpaired) electrons. The van der Waals surface area contributed by atoms with Crippen molar-refractivity contribution >= 4 is 16.6 Å². The number of anilines is 1. The van der Waals surface area contributed by atoms with Gasteiger partial charge in [-0.15, -0.1) is 0 Å². The molecule has 6 heteroatoms. The molecule has 0 unspecified atom stereocenters. The summed E-state index contributed by atoms with van der Waals surface area (Å²) in [5, 5.41) is 5.01. The maximum absolute atomic E-state index is 5.79. The lowest BCUT2D eigenvalue weighted by atomic mass is 10.2. The average molecular weight is 255 g/mol. The van der Waals surface area contributed by atoms with Gasteiger partial charge in [-0.05, 0) is 25.1 Å². The normalized spacial score (nSPS) is 10.8. The summed E-state index contributed by atoms with van der Waals surface area (Å²) in [6, 6.07) is 7.29. The summed E-state index contributed by atoms with van der Waals surface area (Å²) in [7, 11) is 1.82. The number of fused-ring (bicyclic) bond motifs is 1. The van der Waals surface area contributed by atoms with Crippen LogP contribution in [-0.4, -0.2) is 19.7 Å². The molecule has 0 saturated carbocycles. The zero-order valence-electron chi connectivity index (χ0n) is 10.7. The first-order valence-electron chi connectivity index (χ1n) is 5.82. The smallest absolute Gasteiger partial charge is 0.232 e. The Hall–Kier alpha value is -2.63. The molecule has 3 aromatic rings. The number of nitrogens with two attached hydrogens (primary N) is 1. The number of aromatic nitrogens is 4. The van der Waals surface area contributed by atoms with Crippen molar-refractivity contribution in [3.63, 3.8) is 0 Å². The highest BCUT2D eigenvalue weighted by Crippen LogP contribution is 2.27. The van der Waals surface area contributed by atoms with Crippen LogP contribution in [0.3, 0.4) is 0 Å². The zero-order valence-corrected chi connectivity index (χ0v) is 10.7. The lowest BCUT2D eigenvalue weighted by Gasteiger charge is -2.07. The Morgan fingerprint density at radius 2 is 2.05 bits per heavy atom. The quantitative estimate of drug-likeness (QED) is 0.709. The van der Waals surface area contributed by atoms with Crippen molar-refractivity contribution in [1.29, 1.82) is 0 Å². The monoisotopic (exact) mass is 255 g/mol. The van der Waals surface area contributed by atoms with Crippen molar-refractivity contribution in [2.24, 2.45) is 7.05 Å². The fourth-order valence-corrected chi connectivity index (χ4v) is 1.91. The Morgan fingerprint density at radius 3 is 2.79 bits per heavy atom. The van der Waals surface area contributed by atoms with Gasteiger partial charge in [-0.25, -0.2) is 14.6 Å². The van der Waals surface area contributed by atoms with E-state index in [0.717, 1.165) is 16.6 Å². The van der Waals surface area contributed by atoms with Crippen LogP contribution in [-0.2, 0) is 7.05 Å². The third-order valence-corrected chi connectivity index (χ3v) is 2.78. The first-order chi connectivity index (χ1) is 9.13. The molecular formula is C13H13N5O. The number of hydrogen-bond acceptors (Lipinski definition) is 5. The molecule has 2 aromatic heterocycles. The minimum absolute atomic E-state index is 0.473. The summed E-state index contributed by atoms with van der Waals surface area (Å²) in [6.45, 7) is 1.91. The second-order valence-corrected chi connectivity index (χ2v) is 4.31. The van der Waals surface area contributed by atoms with Gasteiger partial charge in [0.1, 0.15) is 6.33 Å². The highest BCUT2D eigenvalue weighted by molar-refractivity contribution is 5.86. The SMILES string of the molecule is Cc1cc(Oc2ncnc3ccc(N)cc23)n(C)n1. The van der Waals surface area contributed by atoms with Crippen molar-refractivity contribution in [2.45, 2.75) is 6.92 Å². The number of ether oxygens (including phenoxy) is 1. The van der Waals surface area contributed by atoms with Crippen LogP contribution < -0.4 is 10.5 Å². The van der Waals surface area contributed by atoms with Gasteiger partial charge in [0.25, 0.3) is 0 Å². The maximum atomic E-state index is 5.79. The Balaban J connectivity index is 2.10. The van der Waals surface area contributed by atoms with E-state index in [4.69, 9.17) is 10.5 Å². The molecule has 0 fully saturated rings. The molecule has 0 bridgehead atoms. The summed E-state index contributed by atoms with van der Waals surface area (Å²) in [5.74, 6) is 1.10. The molecule has 19 heavy (non-hydrogen) atoms. The van der Waals surface area contributed by atoms with E-state index in [0.29, 0.717) is 17.4 Å². The summed E-state index contributed by atoms with van der Waals surface area (Å²) in [5.41, 5.74) is 8.11. The zero-order chi connectivity index (χ0) is 13.4. The highest BCUT2D eigenvalue weighted by Gasteiger charge is 2.09. The number of nitrogens with zero attached hydrogens (tertiary/aromatic N) is 4. The molecule has 0 saturated heterocycles. The van der Waals surface area contributed by atoms with E-state index in [2.05, 4.69) is 15.1 Å². The fourth-order valence-electron chi connectivity index (χ4n) is 1.91. The first kappa shape index (κ1) is 11.5. The summed E-state index contributed by atoms with van der Waals surface area (Å²) in [4.78, 5) is 8.35. The van der Waals surface area contributed by atoms with Gasteiger partial charge >= 0.3 is 0 Å². The van der Waals surface area contributed by atoms with Gasteiger partial charge in [-0.1, -0.05) is 0 Å². The van der Waals surface area contributed by atoms with Crippen LogP contribution in [0, 0.1) is 6.92 Å². The summed E-state index contributed by atoms with van der Waals surface area (Å²) < 4.78 is 7.45. The number of benzene rings is 1. The molecule has 2 heterocycles. The van der Waals surface area contributed by atoms with Crippen molar-refractivity contribution in [3.05, 3.63) is 36.3 Å². The second kappa shape index (κ2) is 4.24. The van der Waals surface area contributed by atoms with Gasteiger partial charge in [-0.2, -0.15) is 5.10 Å². The van der Waals surface area contributed by atoms with Gasteiger partial charge in [0.15, 0.2) is 0 Å². The predicted octanol–water partition coefficient (Wildman–Crippen LogP) is 2.05. The Labute approximate surface area is 109 Å². The van der Waals surface area contributed by atoms with E-state index in [1.54, 1.807) is 16.8 Å². The van der Waals surface area contributed by atoms with Gasteiger partial charge in [0.05, 0.1) is 16.6 Å². The molecule has 0 amide bonds. The summed E-state index contributed by atoms with van der Waals surface area (Å²) in [6.07, 6.45) is 1.47. The number of hydrogen-bond donors (Lipinski definition) is 1. The molecule has 0 aliphatic carbocycles. The van der Waals surface area contributed by atoms with Crippen LogP contribution >= 0.6 is 0 Å². The topological polar surface area (TPSA) is 78.9 Å². The number of rotatable bonds is 2. The third-order valence-electron chi connectivity index (χ3n) is 2.78.